The van der Waals surface area contributed by atoms with Crippen molar-refractivity contribution in [3.05, 3.63) is 353 Å². The lowest BCUT2D eigenvalue weighted by atomic mass is 10.0. The first-order valence-electron chi connectivity index (χ1n) is 35.9. The lowest BCUT2D eigenvalue weighted by Gasteiger charge is -2.15. The molecular weight excluding hydrogens is 1440 g/mol. The van der Waals surface area contributed by atoms with Gasteiger partial charge in [-0.25, -0.2) is 22.0 Å². The minimum absolute atomic E-state index is 0.00118. The number of anilines is 6. The molecule has 0 bridgehead atoms. The lowest BCUT2D eigenvalue weighted by molar-refractivity contribution is -0.139. The first-order chi connectivity index (χ1) is 53.1. The molecule has 0 saturated heterocycles. The number of aryl methyl sites for hydroxylation is 9. The number of benzene rings is 12. The van der Waals surface area contributed by atoms with Crippen LogP contribution in [0.5, 0.6) is 34.5 Å². The van der Waals surface area contributed by atoms with E-state index in [0.29, 0.717) is 127 Å². The van der Waals surface area contributed by atoms with E-state index in [2.05, 4.69) is 0 Å². The maximum atomic E-state index is 14.2. The van der Waals surface area contributed by atoms with Crippen LogP contribution in [0.25, 0.3) is 0 Å². The predicted molar refractivity (Wildman–Crippen MR) is 436 cm³/mol. The van der Waals surface area contributed by atoms with E-state index in [1.807, 2.05) is 175 Å². The highest BCUT2D eigenvalue weighted by molar-refractivity contribution is 5.53. The molecule has 0 aliphatic heterocycles. The summed E-state index contributed by atoms with van der Waals surface area (Å²) in [6.45, 7) is 24.8. The molecule has 588 valence electrons. The van der Waals surface area contributed by atoms with Crippen molar-refractivity contribution < 1.29 is 63.5 Å². The van der Waals surface area contributed by atoms with E-state index in [4.69, 9.17) is 62.8 Å². The highest BCUT2D eigenvalue weighted by Gasteiger charge is 2.34. The normalized spacial score (nSPS) is 10.6. The number of nitrogens with two attached hydrogens (primary N) is 6. The van der Waals surface area contributed by atoms with Gasteiger partial charge in [-0.1, -0.05) is 139 Å². The first-order valence-corrected chi connectivity index (χ1v) is 35.9. The van der Waals surface area contributed by atoms with Gasteiger partial charge < -0.3 is 62.8 Å². The second kappa shape index (κ2) is 40.9. The van der Waals surface area contributed by atoms with Gasteiger partial charge in [-0.15, -0.1) is 0 Å². The number of hydrogen-bond acceptors (Lipinski definition) is 12. The Kier molecular flexibility index (Phi) is 31.8. The topological polar surface area (TPSA) is 212 Å². The van der Waals surface area contributed by atoms with Crippen LogP contribution >= 0.6 is 0 Å². The molecule has 0 heterocycles. The molecule has 12 nitrogen and oxygen atoms in total. The third-order valence-electron chi connectivity index (χ3n) is 18.3. The molecule has 0 fully saturated rings. The minimum Gasteiger partial charge on any atom is -0.488 e. The summed E-state index contributed by atoms with van der Waals surface area (Å²) in [6, 6.07) is 62.1. The van der Waals surface area contributed by atoms with Crippen molar-refractivity contribution in [1.82, 2.24) is 0 Å². The summed E-state index contributed by atoms with van der Waals surface area (Å²) in [6.07, 6.45) is -4.44. The zero-order valence-electron chi connectivity index (χ0n) is 65.4. The van der Waals surface area contributed by atoms with Crippen LogP contribution in [0.4, 0.5) is 69.2 Å². The third-order valence-corrected chi connectivity index (χ3v) is 18.3. The van der Waals surface area contributed by atoms with E-state index < -0.39 is 11.7 Å². The highest BCUT2D eigenvalue weighted by atomic mass is 19.4. The van der Waals surface area contributed by atoms with E-state index in [9.17, 15) is 35.1 Å². The SMILES string of the molecule is Cc1cc(C)c(OCc2ccccc2N)c(F)c1.Cc1cc(C)c(OCc2ccccc2N)c(F)c1C.Cc1cc(C)c(OCc2ccccc2N)cc1F.Cc1cc(OCc2ccccc2N)c(C)c(F)c1C.Cc1ccc(OCc2ccccc2N)c(C(F)(F)F)c1.Cc1ccc(OCc2ccccc2N)c(C)c1F. The molecule has 12 N–H and O–H groups in total. The highest BCUT2D eigenvalue weighted by Crippen LogP contribution is 2.38. The summed E-state index contributed by atoms with van der Waals surface area (Å²) < 4.78 is 141. The van der Waals surface area contributed by atoms with Crippen molar-refractivity contribution in [2.45, 2.75) is 136 Å². The van der Waals surface area contributed by atoms with Gasteiger partial charge in [-0.05, 0) is 218 Å². The van der Waals surface area contributed by atoms with E-state index in [1.54, 1.807) is 103 Å². The Bertz CT molecular complexity index is 5100. The number of rotatable bonds is 18. The number of alkyl halides is 3. The van der Waals surface area contributed by atoms with Crippen LogP contribution in [0.1, 0.15) is 111 Å². The first kappa shape index (κ1) is 86.9. The number of halogens is 8. The monoisotopic (exact) mass is 1530 g/mol. The Hall–Kier alpha value is -12.3. The Morgan fingerprint density at radius 1 is 0.250 bits per heavy atom. The Balaban J connectivity index is 0.000000187. The maximum Gasteiger partial charge on any atom is 0.419 e. The van der Waals surface area contributed by atoms with E-state index in [1.165, 1.54) is 18.2 Å². The van der Waals surface area contributed by atoms with Gasteiger partial charge in [0.15, 0.2) is 23.1 Å². The molecule has 12 rings (SSSR count). The zero-order valence-corrected chi connectivity index (χ0v) is 65.4. The van der Waals surface area contributed by atoms with Gasteiger partial charge in [0, 0.05) is 84.7 Å². The fourth-order valence-electron chi connectivity index (χ4n) is 11.2. The summed E-state index contributed by atoms with van der Waals surface area (Å²) in [5, 5.41) is 0. The number of para-hydroxylation sites is 6. The Morgan fingerprint density at radius 2 is 0.598 bits per heavy atom. The molecule has 0 aromatic heterocycles. The average molecular weight is 1540 g/mol. The third kappa shape index (κ3) is 24.8. The molecule has 0 spiro atoms. The Morgan fingerprint density at radius 3 is 1.03 bits per heavy atom. The molecule has 12 aromatic rings. The molecule has 0 saturated carbocycles. The van der Waals surface area contributed by atoms with Gasteiger partial charge in [0.1, 0.15) is 80.1 Å². The molecule has 0 unspecified atom stereocenters. The quantitative estimate of drug-likeness (QED) is 0.0350. The van der Waals surface area contributed by atoms with Crippen LogP contribution in [0, 0.1) is 119 Å². The van der Waals surface area contributed by atoms with Gasteiger partial charge >= 0.3 is 6.18 Å². The van der Waals surface area contributed by atoms with Gasteiger partial charge in [0.25, 0.3) is 0 Å². The second-order valence-electron chi connectivity index (χ2n) is 27.0. The second-order valence-corrected chi connectivity index (χ2v) is 27.0. The summed E-state index contributed by atoms with van der Waals surface area (Å²) in [5.41, 5.74) is 52.4. The van der Waals surface area contributed by atoms with Crippen molar-refractivity contribution in [3.8, 4) is 34.5 Å². The van der Waals surface area contributed by atoms with Gasteiger partial charge in [0.2, 0.25) is 0 Å². The molecule has 112 heavy (non-hydrogen) atoms. The van der Waals surface area contributed by atoms with Crippen molar-refractivity contribution in [3.63, 3.8) is 0 Å². The van der Waals surface area contributed by atoms with Crippen LogP contribution in [0.3, 0.4) is 0 Å². The fraction of sp³-hybridized carbons (Fsp3) is 0.217. The molecule has 0 aliphatic carbocycles. The van der Waals surface area contributed by atoms with E-state index >= 15 is 0 Å². The summed E-state index contributed by atoms with van der Waals surface area (Å²) >= 11 is 0. The van der Waals surface area contributed by atoms with Gasteiger partial charge in [-0.2, -0.15) is 13.2 Å². The molecule has 0 radical (unpaired) electrons. The van der Waals surface area contributed by atoms with Gasteiger partial charge in [0.05, 0.1) is 5.56 Å². The average Bonchev–Trinajstić information content (AvgIpc) is 0.819. The molecular formula is C92H98F8N6O6. The Labute approximate surface area is 651 Å². The smallest absolute Gasteiger partial charge is 0.419 e. The molecule has 20 heteroatoms. The lowest BCUT2D eigenvalue weighted by Crippen LogP contribution is -2.09. The fourth-order valence-corrected chi connectivity index (χ4v) is 11.2. The van der Waals surface area contributed by atoms with Crippen LogP contribution in [0.15, 0.2) is 212 Å². The van der Waals surface area contributed by atoms with Gasteiger partial charge in [-0.3, -0.25) is 0 Å². The predicted octanol–water partition coefficient (Wildman–Crippen LogP) is 22.8. The van der Waals surface area contributed by atoms with Crippen LogP contribution in [-0.4, -0.2) is 0 Å². The standard InChI is InChI=1S/2C16H18FNO.C15H14F3NO.3C15H16FNO/c1-10-8-15(12(3)16(17)11(10)2)19-9-13-6-4-5-7-14(13)18;1-10-8-11(2)16(15(17)12(10)3)19-9-13-6-4-5-7-14(13)18;1-10-6-7-14(12(8-10)15(16,17)18)20-9-11-4-2-3-5-13(11)19;1-10-7-11(2)15(8-13(10)16)18-9-12-5-3-4-6-14(12)17;1-10-7-11(2)15(13(16)8-10)18-9-12-5-3-4-6-14(12)17;1-10-7-8-14(11(2)15(10)16)18-9-12-5-3-4-6-13(12)17/h2*4-8H,9,18H2,1-3H3;2-8H,9,19H2,1H3;3*3-8H,9,17H2,1-2H3. The van der Waals surface area contributed by atoms with Crippen molar-refractivity contribution in [1.29, 1.82) is 0 Å². The van der Waals surface area contributed by atoms with E-state index in [-0.39, 0.29) is 54.7 Å². The van der Waals surface area contributed by atoms with Crippen molar-refractivity contribution >= 4 is 34.1 Å². The molecule has 0 amide bonds. The summed E-state index contributed by atoms with van der Waals surface area (Å²) in [4.78, 5) is 0. The summed E-state index contributed by atoms with van der Waals surface area (Å²) in [7, 11) is 0. The minimum atomic E-state index is -4.44. The summed E-state index contributed by atoms with van der Waals surface area (Å²) in [5.74, 6) is 0.823. The van der Waals surface area contributed by atoms with Crippen LogP contribution in [-0.2, 0) is 45.8 Å². The largest absolute Gasteiger partial charge is 0.488 e. The number of hydrogen-bond donors (Lipinski definition) is 6. The van der Waals surface area contributed by atoms with Crippen LogP contribution < -0.4 is 62.8 Å². The number of nitrogen functional groups attached to an aromatic ring is 6. The molecule has 0 atom stereocenters. The molecule has 0 aliphatic rings. The molecule has 12 aromatic carbocycles. The number of ether oxygens (including phenoxy) is 6. The van der Waals surface area contributed by atoms with Crippen molar-refractivity contribution in [2.24, 2.45) is 0 Å². The van der Waals surface area contributed by atoms with Crippen LogP contribution in [0.2, 0.25) is 0 Å². The maximum absolute atomic E-state index is 14.2. The van der Waals surface area contributed by atoms with Crippen molar-refractivity contribution in [2.75, 3.05) is 34.4 Å². The zero-order chi connectivity index (χ0) is 82.1. The van der Waals surface area contributed by atoms with E-state index in [0.717, 1.165) is 67.3 Å².